The molecule has 1 saturated heterocycles. The molecule has 0 radical (unpaired) electrons. The fraction of sp³-hybridized carbons (Fsp3) is 0.179. The molecule has 0 spiro atoms. The van der Waals surface area contributed by atoms with E-state index in [0.717, 1.165) is 10.5 Å². The molecule has 1 heterocycles. The number of nitrogens with zero attached hydrogens (tertiary/aromatic N) is 2. The molecule has 0 bridgehead atoms. The van der Waals surface area contributed by atoms with Crippen LogP contribution in [-0.2, 0) is 9.59 Å². The first-order valence-electron chi connectivity index (χ1n) is 11.0. The van der Waals surface area contributed by atoms with Gasteiger partial charge in [-0.3, -0.25) is 14.5 Å². The number of anilines is 1. The van der Waals surface area contributed by atoms with Gasteiger partial charge in [0.05, 0.1) is 30.4 Å². The Kier molecular flexibility index (Phi) is 6.39. The van der Waals surface area contributed by atoms with Gasteiger partial charge in [0, 0.05) is 16.8 Å². The first-order valence-corrected chi connectivity index (χ1v) is 11.0. The monoisotopic (exact) mass is 470 g/mol. The van der Waals surface area contributed by atoms with Crippen LogP contribution in [0.25, 0.3) is 5.76 Å². The number of rotatable bonds is 5. The van der Waals surface area contributed by atoms with E-state index in [0.29, 0.717) is 22.6 Å². The molecule has 7 heteroatoms. The van der Waals surface area contributed by atoms with Crippen LogP contribution in [-0.4, -0.2) is 23.9 Å². The number of aliphatic hydroxyl groups is 1. The maximum absolute atomic E-state index is 15.0. The van der Waals surface area contributed by atoms with Crippen molar-refractivity contribution < 1.29 is 23.8 Å². The summed E-state index contributed by atoms with van der Waals surface area (Å²) in [5.41, 5.74) is 1.64. The number of carbonyl (C=O) groups is 2. The van der Waals surface area contributed by atoms with E-state index in [1.165, 1.54) is 42.5 Å². The predicted octanol–water partition coefficient (Wildman–Crippen LogP) is 5.46. The Balaban J connectivity index is 1.96. The molecule has 176 valence electrons. The van der Waals surface area contributed by atoms with Crippen molar-refractivity contribution in [1.82, 2.24) is 0 Å². The van der Waals surface area contributed by atoms with Gasteiger partial charge in [0.2, 0.25) is 0 Å². The predicted molar refractivity (Wildman–Crippen MR) is 129 cm³/mol. The highest BCUT2D eigenvalue weighted by Gasteiger charge is 2.47. The Hall–Kier alpha value is -4.44. The zero-order chi connectivity index (χ0) is 25.3. The third kappa shape index (κ3) is 4.15. The van der Waals surface area contributed by atoms with Crippen LogP contribution in [0.4, 0.5) is 10.1 Å². The summed E-state index contributed by atoms with van der Waals surface area (Å²) in [7, 11) is 1.54. The topological polar surface area (TPSA) is 90.6 Å². The van der Waals surface area contributed by atoms with Gasteiger partial charge in [-0.05, 0) is 60.0 Å². The van der Waals surface area contributed by atoms with Crippen molar-refractivity contribution in [3.05, 3.63) is 100 Å². The summed E-state index contributed by atoms with van der Waals surface area (Å²) < 4.78 is 20.4. The molecule has 1 atom stereocenters. The number of halogens is 1. The molecule has 1 N–H and O–H groups in total. The number of benzene rings is 3. The van der Waals surface area contributed by atoms with Crippen LogP contribution in [0.1, 0.15) is 48.1 Å². The Morgan fingerprint density at radius 2 is 1.77 bits per heavy atom. The maximum Gasteiger partial charge on any atom is 0.300 e. The molecule has 1 aliphatic heterocycles. The molecule has 3 aromatic carbocycles. The van der Waals surface area contributed by atoms with Crippen LogP contribution < -0.4 is 9.64 Å². The average molecular weight is 471 g/mol. The lowest BCUT2D eigenvalue weighted by Gasteiger charge is -2.26. The molecule has 1 amide bonds. The molecular weight excluding hydrogens is 447 g/mol. The third-order valence-corrected chi connectivity index (χ3v) is 6.04. The Morgan fingerprint density at radius 1 is 1.09 bits per heavy atom. The number of hydrogen-bond donors (Lipinski definition) is 1. The Bertz CT molecular complexity index is 1390. The summed E-state index contributed by atoms with van der Waals surface area (Å²) in [5.74, 6) is -2.18. The average Bonchev–Trinajstić information content (AvgIpc) is 3.13. The number of nitriles is 1. The first-order chi connectivity index (χ1) is 16.8. The maximum atomic E-state index is 15.0. The van der Waals surface area contributed by atoms with Gasteiger partial charge in [-0.1, -0.05) is 32.0 Å². The number of ketones is 1. The number of Topliss-reactive ketones (excluding diaryl/α,β-unsaturated/α-hetero) is 1. The van der Waals surface area contributed by atoms with Crippen molar-refractivity contribution in [2.45, 2.75) is 25.8 Å². The van der Waals surface area contributed by atoms with Gasteiger partial charge in [0.1, 0.15) is 17.3 Å². The zero-order valence-corrected chi connectivity index (χ0v) is 19.4. The fourth-order valence-corrected chi connectivity index (χ4v) is 4.27. The van der Waals surface area contributed by atoms with Crippen molar-refractivity contribution in [2.75, 3.05) is 12.0 Å². The van der Waals surface area contributed by atoms with Crippen molar-refractivity contribution in [2.24, 2.45) is 0 Å². The van der Waals surface area contributed by atoms with E-state index in [1.54, 1.807) is 31.4 Å². The van der Waals surface area contributed by atoms with E-state index in [9.17, 15) is 19.1 Å². The highest BCUT2D eigenvalue weighted by molar-refractivity contribution is 6.51. The van der Waals surface area contributed by atoms with Crippen LogP contribution in [0, 0.1) is 17.1 Å². The fourth-order valence-electron chi connectivity index (χ4n) is 4.27. The van der Waals surface area contributed by atoms with Crippen molar-refractivity contribution in [3.63, 3.8) is 0 Å². The van der Waals surface area contributed by atoms with E-state index in [4.69, 9.17) is 10.00 Å². The van der Waals surface area contributed by atoms with Crippen LogP contribution >= 0.6 is 0 Å². The lowest BCUT2D eigenvalue weighted by atomic mass is 9.93. The van der Waals surface area contributed by atoms with Gasteiger partial charge in [0.15, 0.2) is 0 Å². The molecule has 1 unspecified atom stereocenters. The minimum Gasteiger partial charge on any atom is -0.507 e. The second-order valence-electron chi connectivity index (χ2n) is 8.46. The number of aliphatic hydroxyl groups excluding tert-OH is 1. The van der Waals surface area contributed by atoms with Gasteiger partial charge in [-0.25, -0.2) is 4.39 Å². The van der Waals surface area contributed by atoms with Crippen LogP contribution in [0.3, 0.4) is 0 Å². The van der Waals surface area contributed by atoms with E-state index in [2.05, 4.69) is 0 Å². The Labute approximate surface area is 202 Å². The van der Waals surface area contributed by atoms with E-state index in [1.807, 2.05) is 19.9 Å². The Morgan fingerprint density at radius 3 is 2.37 bits per heavy atom. The SMILES string of the molecule is COc1ccc(/C(O)=C2\C(=O)C(=O)N(c3ccc(C#N)cc3)C2c2ccccc2F)cc1C(C)C. The molecule has 6 nitrogen and oxygen atoms in total. The summed E-state index contributed by atoms with van der Waals surface area (Å²) in [4.78, 5) is 27.6. The van der Waals surface area contributed by atoms with Crippen molar-refractivity contribution in [1.29, 1.82) is 5.26 Å². The molecule has 4 rings (SSSR count). The van der Waals surface area contributed by atoms with E-state index < -0.39 is 29.3 Å². The van der Waals surface area contributed by atoms with E-state index in [-0.39, 0.29) is 17.1 Å². The van der Waals surface area contributed by atoms with Crippen LogP contribution in [0.15, 0.2) is 72.3 Å². The second-order valence-corrected chi connectivity index (χ2v) is 8.46. The number of hydrogen-bond acceptors (Lipinski definition) is 5. The standard InChI is InChI=1S/C28H23FN2O4/c1-16(2)21-14-18(10-13-23(21)35-3)26(32)24-25(20-6-4-5-7-22(20)29)31(28(34)27(24)33)19-11-8-17(15-30)9-12-19/h4-14,16,25,32H,1-3H3/b26-24+. The summed E-state index contributed by atoms with van der Waals surface area (Å²) in [5, 5.41) is 20.4. The van der Waals surface area contributed by atoms with Gasteiger partial charge >= 0.3 is 0 Å². The minimum atomic E-state index is -1.20. The van der Waals surface area contributed by atoms with Gasteiger partial charge in [-0.2, -0.15) is 5.26 Å². The largest absolute Gasteiger partial charge is 0.507 e. The molecule has 3 aromatic rings. The third-order valence-electron chi connectivity index (χ3n) is 6.04. The molecular formula is C28H23FN2O4. The van der Waals surface area contributed by atoms with Crippen molar-refractivity contribution >= 4 is 23.1 Å². The highest BCUT2D eigenvalue weighted by atomic mass is 19.1. The van der Waals surface area contributed by atoms with Crippen LogP contribution in [0.2, 0.25) is 0 Å². The molecule has 1 fully saturated rings. The molecule has 0 aromatic heterocycles. The number of carbonyl (C=O) groups excluding carboxylic acids is 2. The van der Waals surface area contributed by atoms with Gasteiger partial charge in [0.25, 0.3) is 11.7 Å². The number of ether oxygens (including phenoxy) is 1. The normalized spacial score (nSPS) is 17.0. The molecule has 0 aliphatic carbocycles. The summed E-state index contributed by atoms with van der Waals surface area (Å²) >= 11 is 0. The number of methoxy groups -OCH3 is 1. The molecule has 1 aliphatic rings. The first kappa shape index (κ1) is 23.7. The smallest absolute Gasteiger partial charge is 0.300 e. The second kappa shape index (κ2) is 9.43. The summed E-state index contributed by atoms with van der Waals surface area (Å²) in [6.45, 7) is 3.93. The van der Waals surface area contributed by atoms with E-state index >= 15 is 0 Å². The van der Waals surface area contributed by atoms with Crippen molar-refractivity contribution in [3.8, 4) is 11.8 Å². The summed E-state index contributed by atoms with van der Waals surface area (Å²) in [6.07, 6.45) is 0. The molecule has 35 heavy (non-hydrogen) atoms. The summed E-state index contributed by atoms with van der Waals surface area (Å²) in [6, 6.07) is 17.6. The lowest BCUT2D eigenvalue weighted by molar-refractivity contribution is -0.132. The number of amides is 1. The van der Waals surface area contributed by atoms with Crippen LogP contribution in [0.5, 0.6) is 5.75 Å². The highest BCUT2D eigenvalue weighted by Crippen LogP contribution is 2.43. The lowest BCUT2D eigenvalue weighted by Crippen LogP contribution is -2.29. The zero-order valence-electron chi connectivity index (χ0n) is 19.4. The van der Waals surface area contributed by atoms with Gasteiger partial charge in [-0.15, -0.1) is 0 Å². The molecule has 0 saturated carbocycles. The minimum absolute atomic E-state index is 0.0566. The van der Waals surface area contributed by atoms with Gasteiger partial charge < -0.3 is 9.84 Å². The quantitative estimate of drug-likeness (QED) is 0.304.